The zero-order valence-electron chi connectivity index (χ0n) is 9.14. The Morgan fingerprint density at radius 2 is 2.24 bits per heavy atom. The van der Waals surface area contributed by atoms with Gasteiger partial charge in [-0.3, -0.25) is 4.98 Å². The number of halogens is 1. The molecule has 17 heavy (non-hydrogen) atoms. The summed E-state index contributed by atoms with van der Waals surface area (Å²) in [6, 6.07) is 7.02. The Hall–Kier alpha value is -1.81. The number of benzene rings is 1. The minimum absolute atomic E-state index is 0.149. The van der Waals surface area contributed by atoms with E-state index in [4.69, 9.17) is 16.3 Å². The van der Waals surface area contributed by atoms with Gasteiger partial charge in [0.15, 0.2) is 6.61 Å². The quantitative estimate of drug-likeness (QED) is 0.786. The van der Waals surface area contributed by atoms with Crippen molar-refractivity contribution < 1.29 is 14.3 Å². The van der Waals surface area contributed by atoms with Crippen molar-refractivity contribution in [2.45, 2.75) is 0 Å². The van der Waals surface area contributed by atoms with E-state index in [1.54, 1.807) is 24.4 Å². The fourth-order valence-electron chi connectivity index (χ4n) is 1.42. The van der Waals surface area contributed by atoms with Crippen molar-refractivity contribution in [1.29, 1.82) is 0 Å². The van der Waals surface area contributed by atoms with E-state index in [-0.39, 0.29) is 6.61 Å². The summed E-state index contributed by atoms with van der Waals surface area (Å²) in [7, 11) is 1.31. The highest BCUT2D eigenvalue weighted by Gasteiger charge is 2.08. The second kappa shape index (κ2) is 5.01. The lowest BCUT2D eigenvalue weighted by atomic mass is 10.2. The molecule has 0 atom stereocenters. The Labute approximate surface area is 103 Å². The number of carbonyl (C=O) groups excluding carboxylic acids is 1. The molecule has 0 fully saturated rings. The van der Waals surface area contributed by atoms with E-state index in [9.17, 15) is 4.79 Å². The van der Waals surface area contributed by atoms with Gasteiger partial charge in [0.2, 0.25) is 0 Å². The average molecular weight is 252 g/mol. The van der Waals surface area contributed by atoms with E-state index >= 15 is 0 Å². The second-order valence-electron chi connectivity index (χ2n) is 3.31. The number of pyridine rings is 1. The number of carbonyl (C=O) groups is 1. The fourth-order valence-corrected chi connectivity index (χ4v) is 1.64. The van der Waals surface area contributed by atoms with E-state index in [1.807, 2.05) is 6.07 Å². The molecule has 0 amide bonds. The maximum atomic E-state index is 11.0. The van der Waals surface area contributed by atoms with Crippen LogP contribution in [-0.2, 0) is 9.53 Å². The highest BCUT2D eigenvalue weighted by Crippen LogP contribution is 2.29. The third-order valence-corrected chi connectivity index (χ3v) is 2.58. The molecule has 0 saturated heterocycles. The highest BCUT2D eigenvalue weighted by atomic mass is 35.5. The standard InChI is InChI=1S/C12H10ClNO3/c1-16-11(15)7-17-10-5-4-9(13)8-3-2-6-14-12(8)10/h2-6H,7H2,1H3. The number of nitrogens with zero attached hydrogens (tertiary/aromatic N) is 1. The third kappa shape index (κ3) is 2.47. The molecule has 5 heteroatoms. The number of rotatable bonds is 3. The Morgan fingerprint density at radius 1 is 1.41 bits per heavy atom. The molecule has 1 heterocycles. The van der Waals surface area contributed by atoms with Gasteiger partial charge in [0.1, 0.15) is 11.3 Å². The predicted octanol–water partition coefficient (Wildman–Crippen LogP) is 2.44. The molecule has 0 unspecified atom stereocenters. The molecular formula is C12H10ClNO3. The van der Waals surface area contributed by atoms with Crippen molar-refractivity contribution in [3.05, 3.63) is 35.5 Å². The number of esters is 1. The van der Waals surface area contributed by atoms with Crippen molar-refractivity contribution in [2.24, 2.45) is 0 Å². The van der Waals surface area contributed by atoms with Crippen LogP contribution in [0.1, 0.15) is 0 Å². The number of methoxy groups -OCH3 is 1. The van der Waals surface area contributed by atoms with E-state index in [0.29, 0.717) is 16.3 Å². The topological polar surface area (TPSA) is 48.4 Å². The number of hydrogen-bond donors (Lipinski definition) is 0. The molecule has 0 radical (unpaired) electrons. The van der Waals surface area contributed by atoms with Crippen LogP contribution >= 0.6 is 11.6 Å². The molecule has 2 rings (SSSR count). The fraction of sp³-hybridized carbons (Fsp3) is 0.167. The molecule has 0 aliphatic rings. The first-order chi connectivity index (χ1) is 8.22. The van der Waals surface area contributed by atoms with Crippen LogP contribution in [0, 0.1) is 0 Å². The Bertz CT molecular complexity index is 556. The van der Waals surface area contributed by atoms with Crippen molar-refractivity contribution in [3.8, 4) is 5.75 Å². The second-order valence-corrected chi connectivity index (χ2v) is 3.72. The average Bonchev–Trinajstić information content (AvgIpc) is 2.38. The van der Waals surface area contributed by atoms with Crippen LogP contribution in [0.4, 0.5) is 0 Å². The van der Waals surface area contributed by atoms with Crippen molar-refractivity contribution >= 4 is 28.5 Å². The first-order valence-corrected chi connectivity index (χ1v) is 5.33. The number of ether oxygens (including phenoxy) is 2. The Morgan fingerprint density at radius 3 is 3.00 bits per heavy atom. The summed E-state index contributed by atoms with van der Waals surface area (Å²) in [4.78, 5) is 15.2. The van der Waals surface area contributed by atoms with Crippen LogP contribution in [0.15, 0.2) is 30.5 Å². The van der Waals surface area contributed by atoms with Crippen LogP contribution in [0.3, 0.4) is 0 Å². The zero-order chi connectivity index (χ0) is 12.3. The molecule has 0 bridgehead atoms. The smallest absolute Gasteiger partial charge is 0.343 e. The van der Waals surface area contributed by atoms with E-state index in [1.165, 1.54) is 7.11 Å². The molecule has 2 aromatic rings. The van der Waals surface area contributed by atoms with Gasteiger partial charge >= 0.3 is 5.97 Å². The van der Waals surface area contributed by atoms with E-state index < -0.39 is 5.97 Å². The van der Waals surface area contributed by atoms with Crippen LogP contribution in [0.5, 0.6) is 5.75 Å². The summed E-state index contributed by atoms with van der Waals surface area (Å²) in [5.41, 5.74) is 0.629. The minimum Gasteiger partial charge on any atom is -0.480 e. The predicted molar refractivity (Wildman–Crippen MR) is 64.3 cm³/mol. The van der Waals surface area contributed by atoms with Gasteiger partial charge in [-0.15, -0.1) is 0 Å². The van der Waals surface area contributed by atoms with Gasteiger partial charge < -0.3 is 9.47 Å². The summed E-state index contributed by atoms with van der Waals surface area (Å²) in [5.74, 6) is 0.0689. The zero-order valence-corrected chi connectivity index (χ0v) is 9.90. The summed E-state index contributed by atoms with van der Waals surface area (Å²) >= 11 is 6.03. The van der Waals surface area contributed by atoms with Gasteiger partial charge in [0.25, 0.3) is 0 Å². The molecule has 0 spiro atoms. The molecule has 0 aliphatic carbocycles. The summed E-state index contributed by atoms with van der Waals surface area (Å²) in [6.07, 6.45) is 1.64. The van der Waals surface area contributed by atoms with Gasteiger partial charge in [0, 0.05) is 11.6 Å². The molecule has 0 N–H and O–H groups in total. The van der Waals surface area contributed by atoms with Crippen LogP contribution in [-0.4, -0.2) is 24.7 Å². The summed E-state index contributed by atoms with van der Waals surface area (Å²) < 4.78 is 9.83. The lowest BCUT2D eigenvalue weighted by Gasteiger charge is -2.08. The van der Waals surface area contributed by atoms with Gasteiger partial charge in [-0.05, 0) is 24.3 Å². The molecule has 88 valence electrons. The van der Waals surface area contributed by atoms with Gasteiger partial charge in [-0.2, -0.15) is 0 Å². The lowest BCUT2D eigenvalue weighted by molar-refractivity contribution is -0.142. The summed E-state index contributed by atoms with van der Waals surface area (Å²) in [5, 5.41) is 1.38. The SMILES string of the molecule is COC(=O)COc1ccc(Cl)c2cccnc12. The van der Waals surface area contributed by atoms with Gasteiger partial charge in [-0.1, -0.05) is 11.6 Å². The normalized spacial score (nSPS) is 10.2. The summed E-state index contributed by atoms with van der Waals surface area (Å²) in [6.45, 7) is -0.149. The first kappa shape index (κ1) is 11.7. The van der Waals surface area contributed by atoms with Crippen molar-refractivity contribution in [2.75, 3.05) is 13.7 Å². The number of aromatic nitrogens is 1. The lowest BCUT2D eigenvalue weighted by Crippen LogP contribution is -2.12. The third-order valence-electron chi connectivity index (χ3n) is 2.25. The molecule has 0 saturated carbocycles. The van der Waals surface area contributed by atoms with Crippen LogP contribution in [0.2, 0.25) is 5.02 Å². The molecular weight excluding hydrogens is 242 g/mol. The van der Waals surface area contributed by atoms with Crippen molar-refractivity contribution in [3.63, 3.8) is 0 Å². The highest BCUT2D eigenvalue weighted by molar-refractivity contribution is 6.35. The Balaban J connectivity index is 2.35. The largest absolute Gasteiger partial charge is 0.480 e. The molecule has 0 aliphatic heterocycles. The maximum absolute atomic E-state index is 11.0. The number of hydrogen-bond acceptors (Lipinski definition) is 4. The maximum Gasteiger partial charge on any atom is 0.343 e. The number of fused-ring (bicyclic) bond motifs is 1. The van der Waals surface area contributed by atoms with E-state index in [0.717, 1.165) is 5.39 Å². The van der Waals surface area contributed by atoms with Gasteiger partial charge in [0.05, 0.1) is 12.1 Å². The monoisotopic (exact) mass is 251 g/mol. The van der Waals surface area contributed by atoms with Crippen molar-refractivity contribution in [1.82, 2.24) is 4.98 Å². The minimum atomic E-state index is -0.441. The van der Waals surface area contributed by atoms with Crippen LogP contribution < -0.4 is 4.74 Å². The molecule has 1 aromatic heterocycles. The van der Waals surface area contributed by atoms with E-state index in [2.05, 4.69) is 9.72 Å². The molecule has 1 aromatic carbocycles. The molecule has 4 nitrogen and oxygen atoms in total. The van der Waals surface area contributed by atoms with Gasteiger partial charge in [-0.25, -0.2) is 4.79 Å². The first-order valence-electron chi connectivity index (χ1n) is 4.95. The van der Waals surface area contributed by atoms with Crippen LogP contribution in [0.25, 0.3) is 10.9 Å². The Kier molecular flexibility index (Phi) is 3.44.